The highest BCUT2D eigenvalue weighted by molar-refractivity contribution is 6.22. The van der Waals surface area contributed by atoms with Crippen LogP contribution >= 0.6 is 11.6 Å². The molecule has 1 heterocycles. The number of pyridine rings is 1. The van der Waals surface area contributed by atoms with Gasteiger partial charge in [-0.1, -0.05) is 30.3 Å². The van der Waals surface area contributed by atoms with Crippen LogP contribution < -0.4 is 0 Å². The van der Waals surface area contributed by atoms with Crippen molar-refractivity contribution in [2.45, 2.75) is 18.9 Å². The number of aromatic nitrogens is 1. The Bertz CT molecular complexity index is 543. The maximum absolute atomic E-state index is 9.89. The number of hydrogen-bond donors (Lipinski definition) is 2. The van der Waals surface area contributed by atoms with Crippen LogP contribution in [0.15, 0.2) is 36.5 Å². The van der Waals surface area contributed by atoms with Crippen LogP contribution in [0.2, 0.25) is 0 Å². The van der Waals surface area contributed by atoms with Gasteiger partial charge < -0.3 is 10.2 Å². The molecule has 2 rings (SSSR count). The first kappa shape index (κ1) is 12.9. The SMILES string of the molecule is Cc1ncc(C(Cl)c2ccccc2)c(CO)c1O. The van der Waals surface area contributed by atoms with Gasteiger partial charge in [0.05, 0.1) is 17.7 Å². The second-order valence-corrected chi connectivity index (χ2v) is 4.49. The quantitative estimate of drug-likeness (QED) is 0.837. The minimum atomic E-state index is -0.438. The lowest BCUT2D eigenvalue weighted by atomic mass is 10.00. The van der Waals surface area contributed by atoms with Crippen molar-refractivity contribution in [1.29, 1.82) is 0 Å². The van der Waals surface area contributed by atoms with Crippen molar-refractivity contribution in [2.24, 2.45) is 0 Å². The van der Waals surface area contributed by atoms with E-state index in [4.69, 9.17) is 11.6 Å². The lowest BCUT2D eigenvalue weighted by Gasteiger charge is -2.15. The lowest BCUT2D eigenvalue weighted by Crippen LogP contribution is -2.02. The second kappa shape index (κ2) is 5.38. The highest BCUT2D eigenvalue weighted by Gasteiger charge is 2.18. The first-order valence-electron chi connectivity index (χ1n) is 5.62. The number of aromatic hydroxyl groups is 1. The van der Waals surface area contributed by atoms with Crippen molar-refractivity contribution >= 4 is 11.6 Å². The normalized spacial score (nSPS) is 12.4. The summed E-state index contributed by atoms with van der Waals surface area (Å²) in [5.41, 5.74) is 2.46. The monoisotopic (exact) mass is 263 g/mol. The Morgan fingerprint density at radius 3 is 2.56 bits per heavy atom. The molecule has 94 valence electrons. The van der Waals surface area contributed by atoms with Crippen molar-refractivity contribution < 1.29 is 10.2 Å². The van der Waals surface area contributed by atoms with Crippen molar-refractivity contribution in [1.82, 2.24) is 4.98 Å². The summed E-state index contributed by atoms with van der Waals surface area (Å²) in [6.45, 7) is 1.42. The van der Waals surface area contributed by atoms with Crippen LogP contribution in [0.3, 0.4) is 0 Å². The molecule has 0 saturated heterocycles. The molecule has 0 saturated carbocycles. The number of aliphatic hydroxyl groups excluding tert-OH is 1. The van der Waals surface area contributed by atoms with Crippen LogP contribution in [-0.2, 0) is 6.61 Å². The van der Waals surface area contributed by atoms with Crippen molar-refractivity contribution in [2.75, 3.05) is 0 Å². The van der Waals surface area contributed by atoms with Gasteiger partial charge in [0.25, 0.3) is 0 Å². The van der Waals surface area contributed by atoms with Gasteiger partial charge in [0.15, 0.2) is 0 Å². The maximum atomic E-state index is 9.89. The summed E-state index contributed by atoms with van der Waals surface area (Å²) >= 11 is 6.38. The van der Waals surface area contributed by atoms with Gasteiger partial charge >= 0.3 is 0 Å². The van der Waals surface area contributed by atoms with Gasteiger partial charge in [0.1, 0.15) is 5.75 Å². The van der Waals surface area contributed by atoms with Crippen molar-refractivity contribution in [3.05, 3.63) is 58.9 Å². The predicted octanol–water partition coefficient (Wildman–Crippen LogP) is 2.92. The van der Waals surface area contributed by atoms with Gasteiger partial charge in [-0.15, -0.1) is 11.6 Å². The molecule has 0 radical (unpaired) electrons. The zero-order valence-corrected chi connectivity index (χ0v) is 10.7. The summed E-state index contributed by atoms with van der Waals surface area (Å²) in [6, 6.07) is 9.49. The number of halogens is 1. The molecule has 0 aliphatic heterocycles. The number of nitrogens with zero attached hydrogens (tertiary/aromatic N) is 1. The second-order valence-electron chi connectivity index (χ2n) is 4.06. The van der Waals surface area contributed by atoms with E-state index in [0.717, 1.165) is 5.56 Å². The summed E-state index contributed by atoms with van der Waals surface area (Å²) in [4.78, 5) is 4.09. The summed E-state index contributed by atoms with van der Waals surface area (Å²) in [7, 11) is 0. The Morgan fingerprint density at radius 2 is 1.94 bits per heavy atom. The molecule has 2 N–H and O–H groups in total. The number of rotatable bonds is 3. The summed E-state index contributed by atoms with van der Waals surface area (Å²) in [6.07, 6.45) is 1.60. The molecule has 1 unspecified atom stereocenters. The molecule has 1 atom stereocenters. The molecule has 18 heavy (non-hydrogen) atoms. The topological polar surface area (TPSA) is 53.4 Å². The lowest BCUT2D eigenvalue weighted by molar-refractivity contribution is 0.273. The average molecular weight is 264 g/mol. The predicted molar refractivity (Wildman–Crippen MR) is 70.7 cm³/mol. The Hall–Kier alpha value is -1.58. The van der Waals surface area contributed by atoms with Gasteiger partial charge in [-0.3, -0.25) is 4.98 Å². The first-order chi connectivity index (χ1) is 8.65. The molecule has 4 heteroatoms. The molecule has 2 aromatic rings. The van der Waals surface area contributed by atoms with E-state index in [1.165, 1.54) is 0 Å². The van der Waals surface area contributed by atoms with Gasteiger partial charge in [0.2, 0.25) is 0 Å². The van der Waals surface area contributed by atoms with Crippen LogP contribution in [-0.4, -0.2) is 15.2 Å². The van der Waals surface area contributed by atoms with E-state index in [1.807, 2.05) is 30.3 Å². The number of benzene rings is 1. The maximum Gasteiger partial charge on any atom is 0.142 e. The zero-order chi connectivity index (χ0) is 13.1. The minimum absolute atomic E-state index is 0.0107. The Kier molecular flexibility index (Phi) is 3.84. The van der Waals surface area contributed by atoms with Crippen LogP contribution in [0, 0.1) is 6.92 Å². The molecule has 0 aliphatic rings. The summed E-state index contributed by atoms with van der Waals surface area (Å²) in [5.74, 6) is 0.0107. The van der Waals surface area contributed by atoms with Crippen LogP contribution in [0.4, 0.5) is 0 Å². The molecular weight excluding hydrogens is 250 g/mol. The van der Waals surface area contributed by atoms with E-state index in [2.05, 4.69) is 4.98 Å². The van der Waals surface area contributed by atoms with E-state index in [0.29, 0.717) is 16.8 Å². The number of aliphatic hydroxyl groups is 1. The molecule has 0 spiro atoms. The first-order valence-corrected chi connectivity index (χ1v) is 6.06. The molecule has 1 aromatic heterocycles. The number of hydrogen-bond acceptors (Lipinski definition) is 3. The number of alkyl halides is 1. The van der Waals surface area contributed by atoms with Crippen LogP contribution in [0.25, 0.3) is 0 Å². The Labute approximate surface area is 111 Å². The van der Waals surface area contributed by atoms with Crippen LogP contribution in [0.1, 0.15) is 27.8 Å². The third-order valence-corrected chi connectivity index (χ3v) is 3.38. The third-order valence-electron chi connectivity index (χ3n) is 2.90. The fourth-order valence-electron chi connectivity index (χ4n) is 1.85. The molecular formula is C14H14ClNO2. The van der Waals surface area contributed by atoms with Crippen molar-refractivity contribution in [3.8, 4) is 5.75 Å². The van der Waals surface area contributed by atoms with Gasteiger partial charge in [-0.25, -0.2) is 0 Å². The molecule has 0 amide bonds. The van der Waals surface area contributed by atoms with E-state index in [9.17, 15) is 10.2 Å². The summed E-state index contributed by atoms with van der Waals surface area (Å²) < 4.78 is 0. The highest BCUT2D eigenvalue weighted by Crippen LogP contribution is 2.35. The fourth-order valence-corrected chi connectivity index (χ4v) is 2.18. The average Bonchev–Trinajstić information content (AvgIpc) is 2.42. The fraction of sp³-hybridized carbons (Fsp3) is 0.214. The zero-order valence-electron chi connectivity index (χ0n) is 9.97. The van der Waals surface area contributed by atoms with Gasteiger partial charge in [0, 0.05) is 17.3 Å². The highest BCUT2D eigenvalue weighted by atomic mass is 35.5. The molecule has 3 nitrogen and oxygen atoms in total. The summed E-state index contributed by atoms with van der Waals surface area (Å²) in [5, 5.41) is 18.8. The smallest absolute Gasteiger partial charge is 0.142 e. The third kappa shape index (κ3) is 2.33. The van der Waals surface area contributed by atoms with E-state index < -0.39 is 5.38 Å². The van der Waals surface area contributed by atoms with E-state index in [-0.39, 0.29) is 12.4 Å². The Morgan fingerprint density at radius 1 is 1.28 bits per heavy atom. The van der Waals surface area contributed by atoms with Crippen LogP contribution in [0.5, 0.6) is 5.75 Å². The van der Waals surface area contributed by atoms with E-state index >= 15 is 0 Å². The van der Waals surface area contributed by atoms with Gasteiger partial charge in [-0.05, 0) is 12.5 Å². The molecule has 0 bridgehead atoms. The van der Waals surface area contributed by atoms with Crippen molar-refractivity contribution in [3.63, 3.8) is 0 Å². The van der Waals surface area contributed by atoms with Gasteiger partial charge in [-0.2, -0.15) is 0 Å². The molecule has 0 fully saturated rings. The Balaban J connectivity index is 2.49. The molecule has 1 aromatic carbocycles. The van der Waals surface area contributed by atoms with E-state index in [1.54, 1.807) is 13.1 Å². The largest absolute Gasteiger partial charge is 0.506 e. The standard InChI is InChI=1S/C14H14ClNO2/c1-9-14(18)12(8-17)11(7-16-9)13(15)10-5-3-2-4-6-10/h2-7,13,17-18H,8H2,1H3. The number of aryl methyl sites for hydroxylation is 1. The minimum Gasteiger partial charge on any atom is -0.506 e. The molecule has 0 aliphatic carbocycles.